The average molecular weight is 268 g/mol. The highest BCUT2D eigenvalue weighted by molar-refractivity contribution is 5.93. The predicted molar refractivity (Wildman–Crippen MR) is 73.7 cm³/mol. The molecule has 0 aliphatic heterocycles. The SMILES string of the molecule is CCC(CC)(CCO)CNC(=O)c1coc(CN)c1. The monoisotopic (exact) mass is 268 g/mol. The Bertz CT molecular complexity index is 397. The zero-order valence-corrected chi connectivity index (χ0v) is 11.7. The summed E-state index contributed by atoms with van der Waals surface area (Å²) in [5.74, 6) is 0.436. The van der Waals surface area contributed by atoms with E-state index in [1.54, 1.807) is 6.07 Å². The van der Waals surface area contributed by atoms with Crippen LogP contribution in [-0.2, 0) is 6.54 Å². The highest BCUT2D eigenvalue weighted by atomic mass is 16.3. The maximum atomic E-state index is 12.0. The fourth-order valence-electron chi connectivity index (χ4n) is 2.16. The summed E-state index contributed by atoms with van der Waals surface area (Å²) >= 11 is 0. The summed E-state index contributed by atoms with van der Waals surface area (Å²) in [6, 6.07) is 1.65. The Morgan fingerprint density at radius 1 is 1.47 bits per heavy atom. The van der Waals surface area contributed by atoms with Crippen molar-refractivity contribution in [1.29, 1.82) is 0 Å². The van der Waals surface area contributed by atoms with Crippen LogP contribution in [0.5, 0.6) is 0 Å². The molecule has 0 spiro atoms. The first-order chi connectivity index (χ1) is 9.10. The van der Waals surface area contributed by atoms with Gasteiger partial charge in [0.2, 0.25) is 0 Å². The number of aliphatic hydroxyl groups is 1. The van der Waals surface area contributed by atoms with Crippen LogP contribution in [0, 0.1) is 5.41 Å². The Kier molecular flexibility index (Phi) is 6.05. The maximum Gasteiger partial charge on any atom is 0.254 e. The van der Waals surface area contributed by atoms with Gasteiger partial charge in [-0.15, -0.1) is 0 Å². The molecule has 0 saturated carbocycles. The van der Waals surface area contributed by atoms with E-state index in [-0.39, 0.29) is 24.5 Å². The minimum atomic E-state index is -0.160. The number of furan rings is 1. The second kappa shape index (κ2) is 7.31. The van der Waals surface area contributed by atoms with Gasteiger partial charge in [0.15, 0.2) is 0 Å². The molecule has 19 heavy (non-hydrogen) atoms. The Hall–Kier alpha value is -1.33. The fourth-order valence-corrected chi connectivity index (χ4v) is 2.16. The van der Waals surface area contributed by atoms with E-state index in [2.05, 4.69) is 19.2 Å². The van der Waals surface area contributed by atoms with Crippen molar-refractivity contribution < 1.29 is 14.3 Å². The van der Waals surface area contributed by atoms with Gasteiger partial charge in [-0.05, 0) is 30.7 Å². The number of nitrogens with two attached hydrogens (primary N) is 1. The zero-order chi connectivity index (χ0) is 14.3. The Labute approximate surface area is 114 Å². The molecular weight excluding hydrogens is 244 g/mol. The van der Waals surface area contributed by atoms with Crippen LogP contribution in [0.3, 0.4) is 0 Å². The molecule has 0 bridgehead atoms. The Morgan fingerprint density at radius 2 is 2.16 bits per heavy atom. The minimum Gasteiger partial charge on any atom is -0.467 e. The first-order valence-corrected chi connectivity index (χ1v) is 6.77. The smallest absolute Gasteiger partial charge is 0.254 e. The number of hydrogen-bond donors (Lipinski definition) is 3. The van der Waals surface area contributed by atoms with Crippen molar-refractivity contribution in [3.8, 4) is 0 Å². The number of nitrogens with one attached hydrogen (secondary N) is 1. The number of amides is 1. The quantitative estimate of drug-likeness (QED) is 0.669. The van der Waals surface area contributed by atoms with Crippen molar-refractivity contribution in [2.75, 3.05) is 13.2 Å². The van der Waals surface area contributed by atoms with Crippen molar-refractivity contribution >= 4 is 5.91 Å². The Balaban J connectivity index is 2.61. The molecule has 0 atom stereocenters. The number of carbonyl (C=O) groups is 1. The average Bonchev–Trinajstić information content (AvgIpc) is 2.92. The molecule has 0 aliphatic carbocycles. The third kappa shape index (κ3) is 4.08. The summed E-state index contributed by atoms with van der Waals surface area (Å²) < 4.78 is 5.14. The van der Waals surface area contributed by atoms with Crippen LogP contribution in [0.15, 0.2) is 16.7 Å². The van der Waals surface area contributed by atoms with E-state index in [0.717, 1.165) is 12.8 Å². The largest absolute Gasteiger partial charge is 0.467 e. The molecule has 0 aliphatic rings. The summed E-state index contributed by atoms with van der Waals surface area (Å²) in [5.41, 5.74) is 5.89. The molecule has 1 aromatic heterocycles. The molecule has 5 nitrogen and oxygen atoms in total. The third-order valence-corrected chi connectivity index (χ3v) is 3.88. The first-order valence-electron chi connectivity index (χ1n) is 6.77. The van der Waals surface area contributed by atoms with Crippen molar-refractivity contribution in [3.63, 3.8) is 0 Å². The van der Waals surface area contributed by atoms with Gasteiger partial charge in [-0.25, -0.2) is 0 Å². The molecular formula is C14H24N2O3. The highest BCUT2D eigenvalue weighted by Crippen LogP contribution is 2.29. The molecule has 1 heterocycles. The summed E-state index contributed by atoms with van der Waals surface area (Å²) in [7, 11) is 0. The molecule has 0 unspecified atom stereocenters. The molecule has 1 amide bonds. The lowest BCUT2D eigenvalue weighted by Crippen LogP contribution is -2.37. The van der Waals surface area contributed by atoms with E-state index < -0.39 is 0 Å². The Morgan fingerprint density at radius 3 is 2.63 bits per heavy atom. The number of carbonyl (C=O) groups excluding carboxylic acids is 1. The highest BCUT2D eigenvalue weighted by Gasteiger charge is 2.26. The van der Waals surface area contributed by atoms with E-state index in [1.807, 2.05) is 0 Å². The van der Waals surface area contributed by atoms with Gasteiger partial charge in [0.1, 0.15) is 12.0 Å². The molecule has 4 N–H and O–H groups in total. The van der Waals surface area contributed by atoms with Gasteiger partial charge in [0.05, 0.1) is 12.1 Å². The predicted octanol–water partition coefficient (Wildman–Crippen LogP) is 1.66. The van der Waals surface area contributed by atoms with Crippen molar-refractivity contribution in [3.05, 3.63) is 23.7 Å². The standard InChI is InChI=1S/C14H24N2O3/c1-3-14(4-2,5-6-17)10-16-13(18)11-7-12(8-15)19-9-11/h7,9,17H,3-6,8,10,15H2,1-2H3,(H,16,18). The first kappa shape index (κ1) is 15.7. The lowest BCUT2D eigenvalue weighted by Gasteiger charge is -2.31. The summed E-state index contributed by atoms with van der Waals surface area (Å²) in [4.78, 5) is 12.0. The normalized spacial score (nSPS) is 11.6. The van der Waals surface area contributed by atoms with Gasteiger partial charge in [0, 0.05) is 13.2 Å². The summed E-state index contributed by atoms with van der Waals surface area (Å²) in [6.45, 7) is 5.14. The molecule has 0 aromatic carbocycles. The van der Waals surface area contributed by atoms with E-state index in [4.69, 9.17) is 15.3 Å². The molecule has 0 radical (unpaired) electrons. The van der Waals surface area contributed by atoms with Gasteiger partial charge in [-0.2, -0.15) is 0 Å². The van der Waals surface area contributed by atoms with E-state index in [0.29, 0.717) is 24.3 Å². The van der Waals surface area contributed by atoms with Crippen LogP contribution in [0.4, 0.5) is 0 Å². The molecule has 0 saturated heterocycles. The van der Waals surface area contributed by atoms with Crippen LogP contribution < -0.4 is 11.1 Å². The maximum absolute atomic E-state index is 12.0. The summed E-state index contributed by atoms with van der Waals surface area (Å²) in [6.07, 6.45) is 3.95. The molecule has 1 aromatic rings. The number of aliphatic hydroxyl groups excluding tert-OH is 1. The van der Waals surface area contributed by atoms with Crippen molar-refractivity contribution in [2.45, 2.75) is 39.7 Å². The van der Waals surface area contributed by atoms with Crippen LogP contribution in [0.25, 0.3) is 0 Å². The zero-order valence-electron chi connectivity index (χ0n) is 11.7. The van der Waals surface area contributed by atoms with E-state index in [1.165, 1.54) is 6.26 Å². The molecule has 0 fully saturated rings. The van der Waals surface area contributed by atoms with Gasteiger partial charge in [0.25, 0.3) is 5.91 Å². The van der Waals surface area contributed by atoms with E-state index >= 15 is 0 Å². The molecule has 108 valence electrons. The van der Waals surface area contributed by atoms with Crippen molar-refractivity contribution in [1.82, 2.24) is 5.32 Å². The van der Waals surface area contributed by atoms with Crippen LogP contribution >= 0.6 is 0 Å². The van der Waals surface area contributed by atoms with E-state index in [9.17, 15) is 4.79 Å². The second-order valence-corrected chi connectivity index (χ2v) is 4.87. The lowest BCUT2D eigenvalue weighted by molar-refractivity contribution is 0.0906. The van der Waals surface area contributed by atoms with Crippen LogP contribution in [0.2, 0.25) is 0 Å². The van der Waals surface area contributed by atoms with Gasteiger partial charge >= 0.3 is 0 Å². The van der Waals surface area contributed by atoms with Gasteiger partial charge in [-0.1, -0.05) is 13.8 Å². The van der Waals surface area contributed by atoms with Crippen LogP contribution in [0.1, 0.15) is 49.2 Å². The number of hydrogen-bond acceptors (Lipinski definition) is 4. The van der Waals surface area contributed by atoms with Crippen molar-refractivity contribution in [2.24, 2.45) is 11.1 Å². The third-order valence-electron chi connectivity index (χ3n) is 3.88. The fraction of sp³-hybridized carbons (Fsp3) is 0.643. The van der Waals surface area contributed by atoms with Gasteiger partial charge < -0.3 is 20.6 Å². The van der Waals surface area contributed by atoms with Gasteiger partial charge in [-0.3, -0.25) is 4.79 Å². The minimum absolute atomic E-state index is 0.0369. The topological polar surface area (TPSA) is 88.5 Å². The van der Waals surface area contributed by atoms with Crippen LogP contribution in [-0.4, -0.2) is 24.2 Å². The number of rotatable bonds is 8. The lowest BCUT2D eigenvalue weighted by atomic mass is 9.79. The second-order valence-electron chi connectivity index (χ2n) is 4.87. The molecule has 1 rings (SSSR count). The molecule has 5 heteroatoms. The summed E-state index contributed by atoms with van der Waals surface area (Å²) in [5, 5.41) is 12.1.